The molecule has 0 aromatic heterocycles. The Bertz CT molecular complexity index is 757. The molecule has 1 aliphatic rings. The van der Waals surface area contributed by atoms with E-state index in [4.69, 9.17) is 16.3 Å². The highest BCUT2D eigenvalue weighted by atomic mass is 35.5. The van der Waals surface area contributed by atoms with Gasteiger partial charge >= 0.3 is 0 Å². The minimum Gasteiger partial charge on any atom is -0.484 e. The summed E-state index contributed by atoms with van der Waals surface area (Å²) in [6.07, 6.45) is 0.498. The average molecular weight is 387 g/mol. The van der Waals surface area contributed by atoms with Gasteiger partial charge in [-0.3, -0.25) is 14.5 Å². The number of halogens is 1. The zero-order valence-corrected chi connectivity index (χ0v) is 15.9. The second-order valence-corrected chi connectivity index (χ2v) is 6.94. The van der Waals surface area contributed by atoms with Gasteiger partial charge in [-0.05, 0) is 24.3 Å². The Balaban J connectivity index is 1.37. The molecule has 1 amide bonds. The molecule has 2 aromatic carbocycles. The molecular formula is C21H23ClN2O3. The predicted octanol–water partition coefficient (Wildman–Crippen LogP) is 3.14. The van der Waals surface area contributed by atoms with Crippen LogP contribution in [0.4, 0.5) is 0 Å². The van der Waals surface area contributed by atoms with Gasteiger partial charge < -0.3 is 9.64 Å². The Morgan fingerprint density at radius 1 is 0.926 bits per heavy atom. The lowest BCUT2D eigenvalue weighted by molar-refractivity contribution is -0.135. The second kappa shape index (κ2) is 9.53. The van der Waals surface area contributed by atoms with Crippen molar-refractivity contribution in [2.45, 2.75) is 6.42 Å². The van der Waals surface area contributed by atoms with E-state index in [1.165, 1.54) is 0 Å². The van der Waals surface area contributed by atoms with Crippen molar-refractivity contribution in [3.63, 3.8) is 0 Å². The van der Waals surface area contributed by atoms with Crippen LogP contribution in [-0.4, -0.2) is 60.8 Å². The van der Waals surface area contributed by atoms with Crippen molar-refractivity contribution in [2.24, 2.45) is 0 Å². The van der Waals surface area contributed by atoms with Crippen molar-refractivity contribution < 1.29 is 14.3 Å². The quantitative estimate of drug-likeness (QED) is 0.686. The highest BCUT2D eigenvalue weighted by molar-refractivity contribution is 6.30. The van der Waals surface area contributed by atoms with E-state index in [0.717, 1.165) is 25.2 Å². The Kier molecular flexibility index (Phi) is 6.85. The maximum Gasteiger partial charge on any atom is 0.260 e. The number of benzene rings is 2. The van der Waals surface area contributed by atoms with Crippen molar-refractivity contribution >= 4 is 23.3 Å². The van der Waals surface area contributed by atoms with E-state index < -0.39 is 0 Å². The number of carbonyl (C=O) groups excluding carboxylic acids is 2. The predicted molar refractivity (Wildman–Crippen MR) is 105 cm³/mol. The highest BCUT2D eigenvalue weighted by Gasteiger charge is 2.21. The van der Waals surface area contributed by atoms with Crippen molar-refractivity contribution in [1.29, 1.82) is 0 Å². The number of carbonyl (C=O) groups is 2. The molecule has 27 heavy (non-hydrogen) atoms. The lowest BCUT2D eigenvalue weighted by atomic mass is 10.1. The molecule has 0 bridgehead atoms. The first-order chi connectivity index (χ1) is 13.1. The molecule has 1 aliphatic heterocycles. The summed E-state index contributed by atoms with van der Waals surface area (Å²) >= 11 is 5.83. The van der Waals surface area contributed by atoms with Gasteiger partial charge in [0.15, 0.2) is 12.4 Å². The third-order valence-corrected chi connectivity index (χ3v) is 4.90. The van der Waals surface area contributed by atoms with Gasteiger partial charge in [-0.15, -0.1) is 0 Å². The van der Waals surface area contributed by atoms with Gasteiger partial charge in [0.25, 0.3) is 5.91 Å². The van der Waals surface area contributed by atoms with Crippen LogP contribution in [0.3, 0.4) is 0 Å². The van der Waals surface area contributed by atoms with Crippen LogP contribution in [0.5, 0.6) is 5.75 Å². The Morgan fingerprint density at radius 2 is 1.59 bits per heavy atom. The van der Waals surface area contributed by atoms with Gasteiger partial charge in [-0.25, -0.2) is 0 Å². The number of nitrogens with zero attached hydrogens (tertiary/aromatic N) is 2. The van der Waals surface area contributed by atoms with Gasteiger partial charge in [0.05, 0.1) is 0 Å². The molecule has 1 fully saturated rings. The van der Waals surface area contributed by atoms with E-state index in [2.05, 4.69) is 4.90 Å². The molecule has 0 unspecified atom stereocenters. The molecule has 0 aliphatic carbocycles. The zero-order chi connectivity index (χ0) is 19.1. The zero-order valence-electron chi connectivity index (χ0n) is 15.1. The molecule has 142 valence electrons. The van der Waals surface area contributed by atoms with Crippen LogP contribution in [-0.2, 0) is 4.79 Å². The Labute approximate surface area is 164 Å². The van der Waals surface area contributed by atoms with Crippen molar-refractivity contribution in [2.75, 3.05) is 39.3 Å². The molecule has 6 heteroatoms. The molecule has 0 spiro atoms. The molecule has 1 saturated heterocycles. The molecule has 0 N–H and O–H groups in total. The van der Waals surface area contributed by atoms with Crippen molar-refractivity contribution in [1.82, 2.24) is 9.80 Å². The van der Waals surface area contributed by atoms with Crippen LogP contribution in [0.15, 0.2) is 54.6 Å². The largest absolute Gasteiger partial charge is 0.484 e. The third-order valence-electron chi connectivity index (χ3n) is 4.65. The van der Waals surface area contributed by atoms with Gasteiger partial charge in [0.1, 0.15) is 5.75 Å². The summed E-state index contributed by atoms with van der Waals surface area (Å²) in [5.41, 5.74) is 0.755. The van der Waals surface area contributed by atoms with Crippen LogP contribution < -0.4 is 4.74 Å². The van der Waals surface area contributed by atoms with Crippen molar-refractivity contribution in [3.8, 4) is 5.75 Å². The van der Waals surface area contributed by atoms with E-state index in [9.17, 15) is 9.59 Å². The number of piperazine rings is 1. The summed E-state index contributed by atoms with van der Waals surface area (Å²) in [6.45, 7) is 3.60. The maximum absolute atomic E-state index is 12.3. The van der Waals surface area contributed by atoms with Gasteiger partial charge in [-0.2, -0.15) is 0 Å². The van der Waals surface area contributed by atoms with Crippen LogP contribution in [0.25, 0.3) is 0 Å². The minimum atomic E-state index is -0.0232. The molecule has 5 nitrogen and oxygen atoms in total. The molecule has 2 aromatic rings. The number of ether oxygens (including phenoxy) is 1. The lowest BCUT2D eigenvalue weighted by Gasteiger charge is -2.34. The molecule has 0 radical (unpaired) electrons. The molecule has 0 atom stereocenters. The number of hydrogen-bond acceptors (Lipinski definition) is 4. The number of hydrogen-bond donors (Lipinski definition) is 0. The summed E-state index contributed by atoms with van der Waals surface area (Å²) in [5.74, 6) is 0.765. The lowest BCUT2D eigenvalue weighted by Crippen LogP contribution is -2.50. The number of amides is 1. The fourth-order valence-corrected chi connectivity index (χ4v) is 3.14. The topological polar surface area (TPSA) is 49.9 Å². The normalized spacial score (nSPS) is 14.8. The SMILES string of the molecule is O=C(CCN1CCN(C(=O)COc2ccc(Cl)cc2)CC1)c1ccccc1. The molecule has 3 rings (SSSR count). The monoisotopic (exact) mass is 386 g/mol. The summed E-state index contributed by atoms with van der Waals surface area (Å²) in [6, 6.07) is 16.3. The van der Waals surface area contributed by atoms with E-state index in [1.807, 2.05) is 35.2 Å². The fourth-order valence-electron chi connectivity index (χ4n) is 3.02. The van der Waals surface area contributed by atoms with Crippen LogP contribution in [0, 0.1) is 0 Å². The first-order valence-corrected chi connectivity index (χ1v) is 9.46. The highest BCUT2D eigenvalue weighted by Crippen LogP contribution is 2.15. The average Bonchev–Trinajstić information content (AvgIpc) is 2.72. The Morgan fingerprint density at radius 3 is 2.26 bits per heavy atom. The van der Waals surface area contributed by atoms with Crippen LogP contribution in [0.2, 0.25) is 5.02 Å². The first kappa shape index (κ1) is 19.4. The summed E-state index contributed by atoms with van der Waals surface area (Å²) < 4.78 is 5.52. The standard InChI is InChI=1S/C21H23ClN2O3/c22-18-6-8-19(9-7-18)27-16-21(26)24-14-12-23(13-15-24)11-10-20(25)17-4-2-1-3-5-17/h1-9H,10-16H2. The first-order valence-electron chi connectivity index (χ1n) is 9.08. The van der Waals surface area contributed by atoms with Gasteiger partial charge in [0.2, 0.25) is 0 Å². The number of ketones is 1. The molecular weight excluding hydrogens is 364 g/mol. The smallest absolute Gasteiger partial charge is 0.260 e. The Hall–Kier alpha value is -2.37. The molecule has 1 heterocycles. The van der Waals surface area contributed by atoms with Gasteiger partial charge in [-0.1, -0.05) is 41.9 Å². The van der Waals surface area contributed by atoms with E-state index in [-0.39, 0.29) is 18.3 Å². The van der Waals surface area contributed by atoms with E-state index in [0.29, 0.717) is 30.3 Å². The maximum atomic E-state index is 12.3. The van der Waals surface area contributed by atoms with Crippen molar-refractivity contribution in [3.05, 3.63) is 65.2 Å². The van der Waals surface area contributed by atoms with E-state index in [1.54, 1.807) is 24.3 Å². The summed E-state index contributed by atoms with van der Waals surface area (Å²) in [4.78, 5) is 28.5. The number of Topliss-reactive ketones (excluding diaryl/α,β-unsaturated/α-hetero) is 1. The van der Waals surface area contributed by atoms with Gasteiger partial charge in [0, 0.05) is 49.7 Å². The summed E-state index contributed by atoms with van der Waals surface area (Å²) in [7, 11) is 0. The fraction of sp³-hybridized carbons (Fsp3) is 0.333. The summed E-state index contributed by atoms with van der Waals surface area (Å²) in [5, 5.41) is 0.635. The second-order valence-electron chi connectivity index (χ2n) is 6.50. The third kappa shape index (κ3) is 5.81. The molecule has 0 saturated carbocycles. The van der Waals surface area contributed by atoms with E-state index >= 15 is 0 Å². The van der Waals surface area contributed by atoms with Crippen LogP contribution >= 0.6 is 11.6 Å². The number of rotatable bonds is 7. The van der Waals surface area contributed by atoms with Crippen LogP contribution in [0.1, 0.15) is 16.8 Å². The minimum absolute atomic E-state index is 0.0219.